The van der Waals surface area contributed by atoms with Gasteiger partial charge in [-0.05, 0) is 76.2 Å². The highest BCUT2D eigenvalue weighted by Gasteiger charge is 2.73. The molecule has 4 saturated carbocycles. The number of carbonyl (C=O) groups is 1. The van der Waals surface area contributed by atoms with Gasteiger partial charge in [-0.15, -0.1) is 0 Å². The van der Waals surface area contributed by atoms with Gasteiger partial charge in [-0.1, -0.05) is 5.16 Å². The fraction of sp³-hybridized carbons (Fsp3) is 0.840. The van der Waals surface area contributed by atoms with Crippen LogP contribution in [0.15, 0.2) is 10.6 Å². The molecule has 5 aliphatic rings. The van der Waals surface area contributed by atoms with Crippen LogP contribution in [0.1, 0.15) is 73.5 Å². The molecule has 1 saturated heterocycles. The highest BCUT2D eigenvalue weighted by Crippen LogP contribution is 2.69. The number of methoxy groups -OCH3 is 1. The Morgan fingerprint density at radius 1 is 1.23 bits per heavy atom. The molecule has 1 N–H and O–H groups in total. The van der Waals surface area contributed by atoms with Crippen molar-refractivity contribution in [3.63, 3.8) is 0 Å². The molecule has 0 bridgehead atoms. The normalized spacial score (nSPS) is 35.3. The Kier molecular flexibility index (Phi) is 6.02. The van der Waals surface area contributed by atoms with Gasteiger partial charge < -0.3 is 19.5 Å². The second kappa shape index (κ2) is 8.82. The lowest BCUT2D eigenvalue weighted by Gasteiger charge is -2.70. The number of nitrogens with zero attached hydrogens (tertiary/aromatic N) is 3. The number of rotatable bonds is 9. The van der Waals surface area contributed by atoms with Gasteiger partial charge in [0, 0.05) is 50.8 Å². The molecule has 5 fully saturated rings. The van der Waals surface area contributed by atoms with Crippen molar-refractivity contribution in [2.45, 2.75) is 74.1 Å². The van der Waals surface area contributed by atoms with E-state index in [-0.39, 0.29) is 17.9 Å². The molecule has 5 atom stereocenters. The van der Waals surface area contributed by atoms with Crippen LogP contribution in [0.5, 0.6) is 0 Å². The molecule has 1 amide bonds. The van der Waals surface area contributed by atoms with Crippen LogP contribution in [-0.4, -0.2) is 85.9 Å². The molecule has 0 aromatic carbocycles. The fourth-order valence-electron chi connectivity index (χ4n) is 7.62. The van der Waals surface area contributed by atoms with Crippen LogP contribution in [-0.2, 0) is 14.8 Å². The van der Waals surface area contributed by atoms with Gasteiger partial charge in [-0.3, -0.25) is 4.79 Å². The van der Waals surface area contributed by atoms with Gasteiger partial charge in [0.1, 0.15) is 5.76 Å². The van der Waals surface area contributed by atoms with E-state index >= 15 is 0 Å². The molecule has 9 nitrogen and oxygen atoms in total. The summed E-state index contributed by atoms with van der Waals surface area (Å²) in [5, 5.41) is 7.12. The molecular formula is C25H38N4O5S. The zero-order valence-corrected chi connectivity index (χ0v) is 21.6. The highest BCUT2D eigenvalue weighted by atomic mass is 32.2. The first-order chi connectivity index (χ1) is 16.8. The Morgan fingerprint density at radius 2 is 1.91 bits per heavy atom. The van der Waals surface area contributed by atoms with Gasteiger partial charge in [-0.25, -0.2) is 12.7 Å². The molecule has 3 unspecified atom stereocenters. The maximum absolute atomic E-state index is 13.7. The number of sulfonamides is 1. The van der Waals surface area contributed by atoms with Crippen molar-refractivity contribution in [2.24, 2.45) is 17.8 Å². The Morgan fingerprint density at radius 3 is 2.54 bits per heavy atom. The van der Waals surface area contributed by atoms with Crippen LogP contribution in [0.2, 0.25) is 0 Å². The van der Waals surface area contributed by atoms with E-state index in [1.54, 1.807) is 17.5 Å². The van der Waals surface area contributed by atoms with Crippen LogP contribution in [0.4, 0.5) is 0 Å². The second-order valence-electron chi connectivity index (χ2n) is 11.7. The van der Waals surface area contributed by atoms with Crippen LogP contribution in [0.25, 0.3) is 0 Å². The predicted octanol–water partition coefficient (Wildman–Crippen LogP) is 2.21. The van der Waals surface area contributed by atoms with Crippen molar-refractivity contribution in [1.82, 2.24) is 19.7 Å². The smallest absolute Gasteiger partial charge is 0.273 e. The van der Waals surface area contributed by atoms with Crippen molar-refractivity contribution in [3.8, 4) is 0 Å². The van der Waals surface area contributed by atoms with Crippen molar-refractivity contribution in [3.05, 3.63) is 17.5 Å². The van der Waals surface area contributed by atoms with E-state index < -0.39 is 14.8 Å². The van der Waals surface area contributed by atoms with Crippen LogP contribution < -0.4 is 5.32 Å². The summed E-state index contributed by atoms with van der Waals surface area (Å²) in [6.07, 6.45) is 7.19. The molecule has 6 rings (SSSR count). The number of likely N-dealkylation sites (N-methyl/N-ethyl adjacent to an activating group) is 1. The largest absolute Gasteiger partial charge is 0.383 e. The summed E-state index contributed by atoms with van der Waals surface area (Å²) in [6, 6.07) is 2.29. The average Bonchev–Trinajstić information content (AvgIpc) is 3.55. The minimum Gasteiger partial charge on any atom is -0.383 e. The van der Waals surface area contributed by atoms with Crippen LogP contribution in [0, 0.1) is 17.8 Å². The van der Waals surface area contributed by atoms with E-state index in [1.165, 1.54) is 0 Å². The van der Waals surface area contributed by atoms with E-state index in [0.29, 0.717) is 49.2 Å². The average molecular weight is 507 g/mol. The summed E-state index contributed by atoms with van der Waals surface area (Å²) < 4.78 is 39.2. The fourth-order valence-corrected chi connectivity index (χ4v) is 10.4. The zero-order chi connectivity index (χ0) is 24.4. The Labute approximate surface area is 208 Å². The van der Waals surface area contributed by atoms with Gasteiger partial charge in [0.25, 0.3) is 5.91 Å². The topological polar surface area (TPSA) is 105 Å². The number of amides is 1. The van der Waals surface area contributed by atoms with Crippen LogP contribution >= 0.6 is 0 Å². The van der Waals surface area contributed by atoms with Crippen molar-refractivity contribution < 1.29 is 22.5 Å². The second-order valence-corrected chi connectivity index (χ2v) is 13.9. The number of piperidine rings is 1. The Hall–Kier alpha value is -1.49. The summed E-state index contributed by atoms with van der Waals surface area (Å²) in [5.74, 6) is 2.12. The first-order valence-corrected chi connectivity index (χ1v) is 14.7. The first kappa shape index (κ1) is 23.9. The third-order valence-corrected chi connectivity index (χ3v) is 12.3. The van der Waals surface area contributed by atoms with E-state index in [2.05, 4.69) is 22.4 Å². The minimum absolute atomic E-state index is 0.0919. The lowest BCUT2D eigenvalue weighted by molar-refractivity contribution is -0.108. The van der Waals surface area contributed by atoms with E-state index in [9.17, 15) is 13.2 Å². The molecule has 0 radical (unpaired) electrons. The number of hydrogen-bond donors (Lipinski definition) is 1. The van der Waals surface area contributed by atoms with E-state index in [1.807, 2.05) is 0 Å². The third-order valence-electron chi connectivity index (χ3n) is 9.64. The molecule has 1 aliphatic heterocycles. The summed E-state index contributed by atoms with van der Waals surface area (Å²) >= 11 is 0. The third kappa shape index (κ3) is 3.95. The van der Waals surface area contributed by atoms with Gasteiger partial charge >= 0.3 is 0 Å². The molecule has 4 aliphatic carbocycles. The van der Waals surface area contributed by atoms with Crippen molar-refractivity contribution in [2.75, 3.05) is 40.4 Å². The maximum atomic E-state index is 13.7. The SMILES string of the molecule is COCCN(C)C1CCN(S(=O)(=O)C23C[C@H]4CC(NC(=O)c5cc(C6CC6)on5)C[C@@H](C2)C43)CC1. The molecule has 1 aromatic rings. The molecular weight excluding hydrogens is 468 g/mol. The standard InChI is InChI=1S/C25H38N4O5S/c1-28(9-10-33-2)20-5-7-29(8-6-20)35(31,32)25-14-17-11-19(12-18(15-25)23(17)25)26-24(30)21-13-22(34-27-21)16-3-4-16/h13,16-20,23H,3-12,14-15H2,1-2H3,(H,26,30)/t17-,18+,19?,23?,25?. The van der Waals surface area contributed by atoms with Crippen molar-refractivity contribution in [1.29, 1.82) is 0 Å². The van der Waals surface area contributed by atoms with Gasteiger partial charge in [0.15, 0.2) is 5.69 Å². The van der Waals surface area contributed by atoms with E-state index in [0.717, 1.165) is 63.7 Å². The molecule has 2 heterocycles. The lowest BCUT2D eigenvalue weighted by Crippen LogP contribution is -2.75. The number of hydrogen-bond acceptors (Lipinski definition) is 7. The zero-order valence-electron chi connectivity index (χ0n) is 20.8. The quantitative estimate of drug-likeness (QED) is 0.547. The molecule has 1 aromatic heterocycles. The summed E-state index contributed by atoms with van der Waals surface area (Å²) in [6.45, 7) is 2.81. The number of nitrogens with one attached hydrogen (secondary N) is 1. The molecule has 194 valence electrons. The maximum Gasteiger partial charge on any atom is 0.273 e. The summed E-state index contributed by atoms with van der Waals surface area (Å²) in [4.78, 5) is 15.0. The van der Waals surface area contributed by atoms with E-state index in [4.69, 9.17) is 9.26 Å². The number of aromatic nitrogens is 1. The predicted molar refractivity (Wildman–Crippen MR) is 129 cm³/mol. The Bertz CT molecular complexity index is 1050. The monoisotopic (exact) mass is 506 g/mol. The van der Waals surface area contributed by atoms with Crippen molar-refractivity contribution >= 4 is 15.9 Å². The van der Waals surface area contributed by atoms with Crippen LogP contribution in [0.3, 0.4) is 0 Å². The number of carbonyl (C=O) groups excluding carboxylic acids is 1. The number of ether oxygens (including phenoxy) is 1. The molecule has 0 spiro atoms. The lowest BCUT2D eigenvalue weighted by atomic mass is 9.42. The highest BCUT2D eigenvalue weighted by molar-refractivity contribution is 7.90. The van der Waals surface area contributed by atoms with Gasteiger partial charge in [0.05, 0.1) is 11.4 Å². The molecule has 10 heteroatoms. The summed E-state index contributed by atoms with van der Waals surface area (Å²) in [5.41, 5.74) is 0.365. The minimum atomic E-state index is -3.30. The first-order valence-electron chi connectivity index (χ1n) is 13.3. The Balaban J connectivity index is 1.03. The van der Waals surface area contributed by atoms with Gasteiger partial charge in [0.2, 0.25) is 10.0 Å². The molecule has 35 heavy (non-hydrogen) atoms. The van der Waals surface area contributed by atoms with Gasteiger partial charge in [-0.2, -0.15) is 0 Å². The summed E-state index contributed by atoms with van der Waals surface area (Å²) in [7, 11) is 0.516.